The first-order valence-corrected chi connectivity index (χ1v) is 6.16. The zero-order valence-corrected chi connectivity index (χ0v) is 11.9. The van der Waals surface area contributed by atoms with Crippen LogP contribution in [0.25, 0.3) is 0 Å². The van der Waals surface area contributed by atoms with Gasteiger partial charge in [-0.1, -0.05) is 0 Å². The molecule has 0 unspecified atom stereocenters. The van der Waals surface area contributed by atoms with E-state index in [9.17, 15) is 23.1 Å². The van der Waals surface area contributed by atoms with Gasteiger partial charge in [-0.15, -0.1) is 0 Å². The molecule has 0 heterocycles. The lowest BCUT2D eigenvalue weighted by atomic mass is 10.0. The molecule has 0 aliphatic carbocycles. The zero-order chi connectivity index (χ0) is 17.0. The number of nitrogens with zero attached hydrogens (tertiary/aromatic N) is 1. The molecule has 120 valence electrons. The number of carbonyl (C=O) groups is 1. The van der Waals surface area contributed by atoms with Crippen molar-refractivity contribution in [1.82, 2.24) is 10.9 Å². The van der Waals surface area contributed by atoms with Crippen molar-refractivity contribution in [2.75, 3.05) is 18.9 Å². The number of nitriles is 1. The Balaban J connectivity index is 3.00. The second-order valence-electron chi connectivity index (χ2n) is 4.70. The molecule has 0 aromatic heterocycles. The number of rotatable bonds is 5. The number of hydrogen-bond acceptors (Lipinski definition) is 5. The molecule has 0 radical (unpaired) electrons. The first-order valence-electron chi connectivity index (χ1n) is 6.16. The van der Waals surface area contributed by atoms with E-state index < -0.39 is 28.8 Å². The molecular weight excluding hydrogens is 301 g/mol. The van der Waals surface area contributed by atoms with E-state index in [-0.39, 0.29) is 12.2 Å². The van der Waals surface area contributed by atoms with Crippen molar-refractivity contribution in [2.45, 2.75) is 18.7 Å². The fourth-order valence-corrected chi connectivity index (χ4v) is 1.56. The van der Waals surface area contributed by atoms with Crippen molar-refractivity contribution < 1.29 is 23.1 Å². The molecular formula is C13H15F3N4O2. The molecule has 1 rings (SSSR count). The van der Waals surface area contributed by atoms with Crippen LogP contribution in [0.1, 0.15) is 18.1 Å². The van der Waals surface area contributed by atoms with Crippen LogP contribution in [0.3, 0.4) is 0 Å². The number of alkyl halides is 3. The molecule has 1 amide bonds. The Labute approximate surface area is 124 Å². The predicted octanol–water partition coefficient (Wildman–Crippen LogP) is 0.991. The van der Waals surface area contributed by atoms with Crippen LogP contribution in [0.2, 0.25) is 0 Å². The van der Waals surface area contributed by atoms with Crippen LogP contribution in [0.4, 0.5) is 18.9 Å². The number of nitrogens with one attached hydrogen (secondary N) is 3. The van der Waals surface area contributed by atoms with Crippen molar-refractivity contribution in [1.29, 1.82) is 5.26 Å². The van der Waals surface area contributed by atoms with Crippen LogP contribution in [0.5, 0.6) is 0 Å². The summed E-state index contributed by atoms with van der Waals surface area (Å²) in [7, 11) is 1.53. The molecule has 0 aliphatic heterocycles. The summed E-state index contributed by atoms with van der Waals surface area (Å²) < 4.78 is 38.5. The van der Waals surface area contributed by atoms with Gasteiger partial charge in [0.05, 0.1) is 17.2 Å². The molecule has 0 saturated heterocycles. The van der Waals surface area contributed by atoms with Crippen molar-refractivity contribution in [3.63, 3.8) is 0 Å². The minimum Gasteiger partial charge on any atom is -0.379 e. The van der Waals surface area contributed by atoms with Crippen LogP contribution in [0.15, 0.2) is 18.2 Å². The van der Waals surface area contributed by atoms with Gasteiger partial charge in [0.2, 0.25) is 0 Å². The third-order valence-electron chi connectivity index (χ3n) is 2.80. The number of anilines is 1. The Morgan fingerprint density at radius 2 is 2.05 bits per heavy atom. The average Bonchev–Trinajstić information content (AvgIpc) is 2.44. The largest absolute Gasteiger partial charge is 0.417 e. The summed E-state index contributed by atoms with van der Waals surface area (Å²) in [4.78, 5) is 11.9. The van der Waals surface area contributed by atoms with Gasteiger partial charge in [-0.05, 0) is 32.2 Å². The number of benzene rings is 1. The van der Waals surface area contributed by atoms with E-state index in [1.165, 1.54) is 20.0 Å². The zero-order valence-electron chi connectivity index (χ0n) is 11.9. The number of hydrazine groups is 1. The van der Waals surface area contributed by atoms with Gasteiger partial charge in [-0.25, -0.2) is 0 Å². The molecule has 9 heteroatoms. The quantitative estimate of drug-likeness (QED) is 0.608. The molecule has 1 aromatic carbocycles. The standard InChI is InChI=1S/C13H15F3N4O2/c1-12(22,7-19-18-2)11(21)20-9-4-3-8(6-17)10(5-9)13(14,15)16/h3-5,18-19,22H,7H2,1-2H3,(H,20,21)/t12-/m0/s1. The maximum Gasteiger partial charge on any atom is 0.417 e. The van der Waals surface area contributed by atoms with Gasteiger partial charge in [0, 0.05) is 12.2 Å². The number of halogens is 3. The van der Waals surface area contributed by atoms with Gasteiger partial charge in [-0.3, -0.25) is 15.6 Å². The molecule has 6 nitrogen and oxygen atoms in total. The molecule has 22 heavy (non-hydrogen) atoms. The smallest absolute Gasteiger partial charge is 0.379 e. The molecule has 0 aliphatic rings. The van der Waals surface area contributed by atoms with Crippen LogP contribution in [-0.4, -0.2) is 30.2 Å². The molecule has 1 aromatic rings. The predicted molar refractivity (Wildman–Crippen MR) is 72.5 cm³/mol. The van der Waals surface area contributed by atoms with Gasteiger partial charge in [0.1, 0.15) is 0 Å². The SMILES string of the molecule is CNNC[C@](C)(O)C(=O)Nc1ccc(C#N)c(C(F)(F)F)c1. The van der Waals surface area contributed by atoms with Gasteiger partial charge < -0.3 is 10.4 Å². The van der Waals surface area contributed by atoms with Crippen LogP contribution in [-0.2, 0) is 11.0 Å². The van der Waals surface area contributed by atoms with Gasteiger partial charge >= 0.3 is 6.18 Å². The monoisotopic (exact) mass is 316 g/mol. The first kappa shape index (κ1) is 17.9. The van der Waals surface area contributed by atoms with Crippen molar-refractivity contribution in [3.05, 3.63) is 29.3 Å². The Morgan fingerprint density at radius 3 is 2.55 bits per heavy atom. The number of carbonyl (C=O) groups excluding carboxylic acids is 1. The van der Waals surface area contributed by atoms with Gasteiger partial charge in [0.25, 0.3) is 5.91 Å². The summed E-state index contributed by atoms with van der Waals surface area (Å²) in [5.41, 5.74) is 1.33. The minimum atomic E-state index is -4.72. The lowest BCUT2D eigenvalue weighted by Gasteiger charge is -2.22. The number of aliphatic hydroxyl groups is 1. The Hall–Kier alpha value is -2.15. The molecule has 0 spiro atoms. The fourth-order valence-electron chi connectivity index (χ4n) is 1.56. The van der Waals surface area contributed by atoms with E-state index in [0.717, 1.165) is 12.1 Å². The summed E-state index contributed by atoms with van der Waals surface area (Å²) in [5.74, 6) is -0.881. The Bertz CT molecular complexity index is 594. The van der Waals surface area contributed by atoms with Crippen molar-refractivity contribution in [3.8, 4) is 6.07 Å². The van der Waals surface area contributed by atoms with Crippen LogP contribution < -0.4 is 16.2 Å². The molecule has 0 saturated carbocycles. The van der Waals surface area contributed by atoms with Crippen molar-refractivity contribution >= 4 is 11.6 Å². The summed E-state index contributed by atoms with van der Waals surface area (Å²) in [6.45, 7) is 1.05. The Morgan fingerprint density at radius 1 is 1.41 bits per heavy atom. The van der Waals surface area contributed by atoms with E-state index in [2.05, 4.69) is 16.2 Å². The van der Waals surface area contributed by atoms with E-state index in [1.807, 2.05) is 0 Å². The van der Waals surface area contributed by atoms with Crippen LogP contribution in [0, 0.1) is 11.3 Å². The minimum absolute atomic E-state index is 0.155. The van der Waals surface area contributed by atoms with E-state index in [1.54, 1.807) is 0 Å². The highest BCUT2D eigenvalue weighted by molar-refractivity contribution is 5.97. The average molecular weight is 316 g/mol. The summed E-state index contributed by atoms with van der Waals surface area (Å²) in [5, 5.41) is 20.8. The van der Waals surface area contributed by atoms with E-state index in [4.69, 9.17) is 5.26 Å². The Kier molecular flexibility index (Phi) is 5.48. The summed E-state index contributed by atoms with van der Waals surface area (Å²) in [6, 6.07) is 4.21. The van der Waals surface area contributed by atoms with Crippen LogP contribution >= 0.6 is 0 Å². The normalized spacial score (nSPS) is 14.0. The lowest BCUT2D eigenvalue weighted by molar-refractivity contribution is -0.138. The van der Waals surface area contributed by atoms with Gasteiger partial charge in [-0.2, -0.15) is 18.4 Å². The third kappa shape index (κ3) is 4.42. The molecule has 1 atom stereocenters. The summed E-state index contributed by atoms with van der Waals surface area (Å²) >= 11 is 0. The lowest BCUT2D eigenvalue weighted by Crippen LogP contribution is -2.50. The maximum atomic E-state index is 12.8. The second kappa shape index (κ2) is 6.74. The molecule has 0 fully saturated rings. The van der Waals surface area contributed by atoms with E-state index in [0.29, 0.717) is 6.07 Å². The molecule has 4 N–H and O–H groups in total. The van der Waals surface area contributed by atoms with E-state index >= 15 is 0 Å². The highest BCUT2D eigenvalue weighted by Gasteiger charge is 2.35. The second-order valence-corrected chi connectivity index (χ2v) is 4.70. The topological polar surface area (TPSA) is 97.2 Å². The summed E-state index contributed by atoms with van der Waals surface area (Å²) in [6.07, 6.45) is -4.72. The fraction of sp³-hybridized carbons (Fsp3) is 0.385. The third-order valence-corrected chi connectivity index (χ3v) is 2.80. The number of hydrogen-bond donors (Lipinski definition) is 4. The first-order chi connectivity index (χ1) is 10.1. The van der Waals surface area contributed by atoms with Gasteiger partial charge in [0.15, 0.2) is 5.60 Å². The maximum absolute atomic E-state index is 12.8. The highest BCUT2D eigenvalue weighted by Crippen LogP contribution is 2.33. The van der Waals surface area contributed by atoms with Crippen molar-refractivity contribution in [2.24, 2.45) is 0 Å². The molecule has 0 bridgehead atoms. The highest BCUT2D eigenvalue weighted by atomic mass is 19.4. The number of amides is 1.